The van der Waals surface area contributed by atoms with Crippen LogP contribution in [0.3, 0.4) is 0 Å². The summed E-state index contributed by atoms with van der Waals surface area (Å²) in [7, 11) is 2.78. The van der Waals surface area contributed by atoms with Crippen molar-refractivity contribution in [3.63, 3.8) is 0 Å². The van der Waals surface area contributed by atoms with Crippen molar-refractivity contribution in [1.29, 1.82) is 0 Å². The van der Waals surface area contributed by atoms with Crippen LogP contribution in [0, 0.1) is 0 Å². The molecule has 1 aromatic heterocycles. The summed E-state index contributed by atoms with van der Waals surface area (Å²) >= 11 is 1.19. The van der Waals surface area contributed by atoms with Gasteiger partial charge in [0.05, 0.1) is 4.90 Å². The van der Waals surface area contributed by atoms with Crippen LogP contribution < -0.4 is 0 Å². The van der Waals surface area contributed by atoms with E-state index in [9.17, 15) is 13.2 Å². The number of oxazole rings is 1. The van der Waals surface area contributed by atoms with Crippen LogP contribution in [0.2, 0.25) is 0 Å². The van der Waals surface area contributed by atoms with Crippen molar-refractivity contribution < 1.29 is 17.6 Å². The van der Waals surface area contributed by atoms with Gasteiger partial charge in [-0.2, -0.15) is 0 Å². The lowest BCUT2D eigenvalue weighted by atomic mass is 10.1. The van der Waals surface area contributed by atoms with E-state index in [2.05, 4.69) is 4.98 Å². The summed E-state index contributed by atoms with van der Waals surface area (Å²) < 4.78 is 31.5. The summed E-state index contributed by atoms with van der Waals surface area (Å²) in [5.41, 5.74) is 1.73. The Hall–Kier alpha value is -2.36. The van der Waals surface area contributed by atoms with Crippen LogP contribution in [0.15, 0.2) is 63.1 Å². The number of amides is 1. The molecule has 0 fully saturated rings. The summed E-state index contributed by atoms with van der Waals surface area (Å²) in [6.45, 7) is 0. The molecule has 0 unspecified atom stereocenters. The zero-order valence-corrected chi connectivity index (χ0v) is 17.6. The number of carbonyl (C=O) groups excluding carboxylic acids is 1. The number of sulfonamides is 1. The molecule has 148 valence electrons. The van der Waals surface area contributed by atoms with Crippen LogP contribution in [0.5, 0.6) is 0 Å². The second-order valence-corrected chi connectivity index (χ2v) is 9.75. The Bertz CT molecular complexity index is 1090. The van der Waals surface area contributed by atoms with Gasteiger partial charge in [-0.05, 0) is 35.5 Å². The maximum absolute atomic E-state index is 12.7. The monoisotopic (exact) mass is 419 g/mol. The number of hydrogen-bond acceptors (Lipinski definition) is 6. The average molecular weight is 420 g/mol. The van der Waals surface area contributed by atoms with E-state index < -0.39 is 15.3 Å². The number of carbonyl (C=O) groups is 1. The highest BCUT2D eigenvalue weighted by Crippen LogP contribution is 2.37. The average Bonchev–Trinajstić information content (AvgIpc) is 3.07. The first-order valence-electron chi connectivity index (χ1n) is 8.46. The Labute approximate surface area is 168 Å². The first kappa shape index (κ1) is 20.4. The number of benzene rings is 2. The lowest BCUT2D eigenvalue weighted by Crippen LogP contribution is -2.26. The lowest BCUT2D eigenvalue weighted by molar-refractivity contribution is -0.128. The molecule has 3 aromatic rings. The molecule has 0 radical (unpaired) electrons. The summed E-state index contributed by atoms with van der Waals surface area (Å²) in [6.07, 6.45) is 0. The molecule has 0 N–H and O–H groups in total. The molecular formula is C19H21N3O4S2. The lowest BCUT2D eigenvalue weighted by Gasteiger charge is -2.19. The molecule has 0 aliphatic heterocycles. The number of rotatable bonds is 6. The van der Waals surface area contributed by atoms with E-state index in [0.29, 0.717) is 16.3 Å². The number of likely N-dealkylation sites (N-methyl/N-ethyl adjacent to an activating group) is 1. The fraction of sp³-hybridized carbons (Fsp3) is 0.263. The number of hydrogen-bond donors (Lipinski definition) is 0. The standard InChI is InChI=1S/C19H21N3O4S2/c1-21(2)18(23)17(13-8-6-5-7-9-13)27-19-20-15-12-14(10-11-16(15)26-19)28(24,25)22(3)4/h5-12,17H,1-4H3/t17-/m0/s1. The summed E-state index contributed by atoms with van der Waals surface area (Å²) in [5.74, 6) is -0.0886. The summed E-state index contributed by atoms with van der Waals surface area (Å²) in [4.78, 5) is 18.7. The highest BCUT2D eigenvalue weighted by molar-refractivity contribution is 8.00. The Balaban J connectivity index is 1.97. The van der Waals surface area contributed by atoms with Crippen molar-refractivity contribution in [2.24, 2.45) is 0 Å². The molecule has 1 atom stereocenters. The minimum absolute atomic E-state index is 0.0886. The third kappa shape index (κ3) is 4.06. The van der Waals surface area contributed by atoms with Gasteiger partial charge in [-0.3, -0.25) is 4.79 Å². The van der Waals surface area contributed by atoms with Crippen molar-refractivity contribution in [1.82, 2.24) is 14.2 Å². The molecule has 0 saturated carbocycles. The quantitative estimate of drug-likeness (QED) is 0.571. The van der Waals surface area contributed by atoms with Crippen LogP contribution in [-0.4, -0.2) is 56.7 Å². The van der Waals surface area contributed by atoms with Crippen LogP contribution in [0.1, 0.15) is 10.8 Å². The van der Waals surface area contributed by atoms with E-state index in [0.717, 1.165) is 9.87 Å². The molecule has 1 amide bonds. The number of thioether (sulfide) groups is 1. The Kier molecular flexibility index (Phi) is 5.78. The van der Waals surface area contributed by atoms with Gasteiger partial charge in [0.15, 0.2) is 5.58 Å². The number of aromatic nitrogens is 1. The highest BCUT2D eigenvalue weighted by atomic mass is 32.2. The zero-order chi connectivity index (χ0) is 20.5. The van der Waals surface area contributed by atoms with Crippen molar-refractivity contribution in [2.75, 3.05) is 28.2 Å². The van der Waals surface area contributed by atoms with Crippen LogP contribution >= 0.6 is 11.8 Å². The van der Waals surface area contributed by atoms with Crippen LogP contribution in [0.4, 0.5) is 0 Å². The minimum atomic E-state index is -3.57. The smallest absolute Gasteiger partial charge is 0.257 e. The SMILES string of the molecule is CN(C)C(=O)[C@@H](Sc1nc2cc(S(=O)(=O)N(C)C)ccc2o1)c1ccccc1. The van der Waals surface area contributed by atoms with Gasteiger partial charge in [-0.25, -0.2) is 17.7 Å². The number of nitrogens with zero attached hydrogens (tertiary/aromatic N) is 3. The second-order valence-electron chi connectivity index (χ2n) is 6.54. The van der Waals surface area contributed by atoms with Gasteiger partial charge in [-0.1, -0.05) is 30.3 Å². The maximum Gasteiger partial charge on any atom is 0.257 e. The fourth-order valence-electron chi connectivity index (χ4n) is 2.53. The van der Waals surface area contributed by atoms with Crippen LogP contribution in [-0.2, 0) is 14.8 Å². The largest absolute Gasteiger partial charge is 0.431 e. The predicted molar refractivity (Wildman–Crippen MR) is 109 cm³/mol. The van der Waals surface area contributed by atoms with Gasteiger partial charge < -0.3 is 9.32 Å². The Morgan fingerprint density at radius 1 is 1.07 bits per heavy atom. The van der Waals surface area contributed by atoms with E-state index in [4.69, 9.17) is 4.42 Å². The van der Waals surface area contributed by atoms with E-state index in [1.165, 1.54) is 42.9 Å². The molecule has 0 aliphatic rings. The molecular weight excluding hydrogens is 398 g/mol. The highest BCUT2D eigenvalue weighted by Gasteiger charge is 2.26. The third-order valence-electron chi connectivity index (χ3n) is 4.10. The first-order chi connectivity index (χ1) is 13.2. The van der Waals surface area contributed by atoms with E-state index in [1.807, 2.05) is 30.3 Å². The molecule has 0 saturated heterocycles. The van der Waals surface area contributed by atoms with Gasteiger partial charge in [0.25, 0.3) is 5.22 Å². The van der Waals surface area contributed by atoms with Crippen molar-refractivity contribution in [3.05, 3.63) is 54.1 Å². The minimum Gasteiger partial charge on any atom is -0.431 e. The van der Waals surface area contributed by atoms with Gasteiger partial charge >= 0.3 is 0 Å². The summed E-state index contributed by atoms with van der Waals surface area (Å²) in [6, 6.07) is 13.9. The van der Waals surface area contributed by atoms with Gasteiger partial charge in [0.1, 0.15) is 10.8 Å². The fourth-order valence-corrected chi connectivity index (χ4v) is 4.55. The van der Waals surface area contributed by atoms with Gasteiger partial charge in [0.2, 0.25) is 15.9 Å². The summed E-state index contributed by atoms with van der Waals surface area (Å²) in [5, 5.41) is -0.215. The van der Waals surface area contributed by atoms with E-state index >= 15 is 0 Å². The van der Waals surface area contributed by atoms with Crippen molar-refractivity contribution >= 4 is 38.8 Å². The maximum atomic E-state index is 12.7. The second kappa shape index (κ2) is 7.94. The molecule has 28 heavy (non-hydrogen) atoms. The molecule has 0 bridgehead atoms. The molecule has 1 heterocycles. The molecule has 2 aromatic carbocycles. The molecule has 7 nitrogen and oxygen atoms in total. The molecule has 0 spiro atoms. The molecule has 9 heteroatoms. The number of fused-ring (bicyclic) bond motifs is 1. The van der Waals surface area contributed by atoms with Gasteiger partial charge in [-0.15, -0.1) is 0 Å². The van der Waals surface area contributed by atoms with Crippen molar-refractivity contribution in [2.45, 2.75) is 15.4 Å². The van der Waals surface area contributed by atoms with E-state index in [1.54, 1.807) is 20.2 Å². The normalized spacial score (nSPS) is 13.0. The molecule has 3 rings (SSSR count). The first-order valence-corrected chi connectivity index (χ1v) is 10.8. The van der Waals surface area contributed by atoms with E-state index in [-0.39, 0.29) is 10.8 Å². The third-order valence-corrected chi connectivity index (χ3v) is 7.00. The molecule has 0 aliphatic carbocycles. The van der Waals surface area contributed by atoms with Crippen LogP contribution in [0.25, 0.3) is 11.1 Å². The van der Waals surface area contributed by atoms with Gasteiger partial charge in [0, 0.05) is 28.2 Å². The Morgan fingerprint density at radius 2 is 1.75 bits per heavy atom. The topological polar surface area (TPSA) is 83.7 Å². The zero-order valence-electron chi connectivity index (χ0n) is 16.0. The Morgan fingerprint density at radius 3 is 2.36 bits per heavy atom. The predicted octanol–water partition coefficient (Wildman–Crippen LogP) is 3.00. The van der Waals surface area contributed by atoms with Crippen molar-refractivity contribution in [3.8, 4) is 0 Å².